The number of nitrogens with zero attached hydrogens (tertiary/aromatic N) is 1. The average molecular weight is 382 g/mol. The van der Waals surface area contributed by atoms with E-state index in [1.54, 1.807) is 36.6 Å². The van der Waals surface area contributed by atoms with Gasteiger partial charge in [-0.3, -0.25) is 10.1 Å². The summed E-state index contributed by atoms with van der Waals surface area (Å²) in [6, 6.07) is 16.7. The van der Waals surface area contributed by atoms with E-state index < -0.39 is 5.97 Å². The number of hydrogen-bond donors (Lipinski definition) is 1. The maximum atomic E-state index is 12.4. The predicted molar refractivity (Wildman–Crippen MR) is 103 cm³/mol. The summed E-state index contributed by atoms with van der Waals surface area (Å²) in [4.78, 5) is 28.1. The highest BCUT2D eigenvalue weighted by Crippen LogP contribution is 2.19. The minimum atomic E-state index is -0.509. The number of carbonyl (C=O) groups is 2. The average Bonchev–Trinajstić information content (AvgIpc) is 3.16. The van der Waals surface area contributed by atoms with Crippen molar-refractivity contribution in [1.29, 1.82) is 0 Å². The molecule has 1 aromatic heterocycles. The number of anilines is 1. The topological polar surface area (TPSA) is 77.5 Å². The van der Waals surface area contributed by atoms with Crippen LogP contribution in [0.15, 0.2) is 60.0 Å². The molecule has 1 N–H and O–H groups in total. The van der Waals surface area contributed by atoms with Crippen LogP contribution in [0.4, 0.5) is 5.13 Å². The molecule has 0 unspecified atom stereocenters. The van der Waals surface area contributed by atoms with Crippen LogP contribution in [0.3, 0.4) is 0 Å². The summed E-state index contributed by atoms with van der Waals surface area (Å²) in [6.45, 7) is 2.41. The van der Waals surface area contributed by atoms with Crippen LogP contribution in [0.25, 0.3) is 0 Å². The molecule has 3 rings (SSSR count). The number of aromatic nitrogens is 1. The van der Waals surface area contributed by atoms with Crippen LogP contribution in [0.1, 0.15) is 33.3 Å². The fourth-order valence-electron chi connectivity index (χ4n) is 2.27. The molecule has 0 saturated heterocycles. The minimum Gasteiger partial charge on any atom is -0.489 e. The van der Waals surface area contributed by atoms with E-state index in [0.29, 0.717) is 23.1 Å². The van der Waals surface area contributed by atoms with Crippen LogP contribution < -0.4 is 10.1 Å². The van der Waals surface area contributed by atoms with Gasteiger partial charge in [-0.2, -0.15) is 0 Å². The molecule has 0 saturated carbocycles. The molecule has 0 atom stereocenters. The zero-order valence-corrected chi connectivity index (χ0v) is 15.5. The highest BCUT2D eigenvalue weighted by Gasteiger charge is 2.14. The Hall–Kier alpha value is -3.19. The largest absolute Gasteiger partial charge is 0.489 e. The van der Waals surface area contributed by atoms with Crippen LogP contribution in [0, 0.1) is 0 Å². The smallest absolute Gasteiger partial charge is 0.357 e. The lowest BCUT2D eigenvalue weighted by atomic mass is 10.2. The van der Waals surface area contributed by atoms with E-state index in [9.17, 15) is 9.59 Å². The quantitative estimate of drug-likeness (QED) is 0.621. The van der Waals surface area contributed by atoms with Crippen molar-refractivity contribution in [2.45, 2.75) is 13.5 Å². The van der Waals surface area contributed by atoms with Crippen molar-refractivity contribution < 1.29 is 19.1 Å². The Labute approximate surface area is 160 Å². The highest BCUT2D eigenvalue weighted by atomic mass is 32.1. The normalized spacial score (nSPS) is 10.3. The predicted octanol–water partition coefficient (Wildman–Crippen LogP) is 4.15. The zero-order valence-electron chi connectivity index (χ0n) is 14.7. The van der Waals surface area contributed by atoms with Gasteiger partial charge in [0.15, 0.2) is 10.8 Å². The molecule has 2 aromatic carbocycles. The van der Waals surface area contributed by atoms with Gasteiger partial charge in [-0.15, -0.1) is 11.3 Å². The Morgan fingerprint density at radius 2 is 1.93 bits per heavy atom. The second-order valence-corrected chi connectivity index (χ2v) is 6.37. The lowest BCUT2D eigenvalue weighted by molar-refractivity contribution is 0.0520. The van der Waals surface area contributed by atoms with Gasteiger partial charge in [-0.25, -0.2) is 9.78 Å². The molecule has 0 aliphatic carbocycles. The van der Waals surface area contributed by atoms with Crippen molar-refractivity contribution in [3.63, 3.8) is 0 Å². The third kappa shape index (κ3) is 5.15. The lowest BCUT2D eigenvalue weighted by Gasteiger charge is -2.08. The van der Waals surface area contributed by atoms with Crippen molar-refractivity contribution in [1.82, 2.24) is 4.98 Å². The number of benzene rings is 2. The Kier molecular flexibility index (Phi) is 6.17. The molecule has 6 nitrogen and oxygen atoms in total. The summed E-state index contributed by atoms with van der Waals surface area (Å²) in [5.74, 6) is -0.242. The van der Waals surface area contributed by atoms with E-state index in [4.69, 9.17) is 9.47 Å². The molecule has 1 amide bonds. The molecule has 3 aromatic rings. The van der Waals surface area contributed by atoms with E-state index in [1.807, 2.05) is 30.3 Å². The van der Waals surface area contributed by atoms with Crippen molar-refractivity contribution in [2.24, 2.45) is 0 Å². The number of esters is 1. The first kappa shape index (κ1) is 18.6. The Morgan fingerprint density at radius 3 is 2.70 bits per heavy atom. The molecular formula is C20H18N2O4S. The first-order chi connectivity index (χ1) is 13.2. The van der Waals surface area contributed by atoms with Gasteiger partial charge in [-0.1, -0.05) is 36.4 Å². The number of ether oxygens (including phenoxy) is 2. The molecule has 27 heavy (non-hydrogen) atoms. The summed E-state index contributed by atoms with van der Waals surface area (Å²) in [5.41, 5.74) is 1.66. The molecule has 0 aliphatic rings. The standard InChI is InChI=1S/C20H18N2O4S/c1-2-25-19(24)17-13-27-20(21-17)22-18(23)15-9-6-10-16(11-15)26-12-14-7-4-3-5-8-14/h3-11,13H,2,12H2,1H3,(H,21,22,23). The number of amides is 1. The van der Waals surface area contributed by atoms with Gasteiger partial charge < -0.3 is 9.47 Å². The van der Waals surface area contributed by atoms with Crippen molar-refractivity contribution in [3.8, 4) is 5.75 Å². The van der Waals surface area contributed by atoms with Crippen molar-refractivity contribution in [3.05, 3.63) is 76.8 Å². The van der Waals surface area contributed by atoms with Gasteiger partial charge in [-0.05, 0) is 30.7 Å². The second kappa shape index (κ2) is 8.95. The summed E-state index contributed by atoms with van der Waals surface area (Å²) in [5, 5.41) is 4.56. The summed E-state index contributed by atoms with van der Waals surface area (Å²) < 4.78 is 10.6. The van der Waals surface area contributed by atoms with Crippen LogP contribution >= 0.6 is 11.3 Å². The van der Waals surface area contributed by atoms with E-state index in [1.165, 1.54) is 0 Å². The Balaban J connectivity index is 1.62. The second-order valence-electron chi connectivity index (χ2n) is 5.51. The van der Waals surface area contributed by atoms with Gasteiger partial charge in [0.25, 0.3) is 5.91 Å². The lowest BCUT2D eigenvalue weighted by Crippen LogP contribution is -2.12. The molecule has 7 heteroatoms. The fourth-order valence-corrected chi connectivity index (χ4v) is 2.94. The van der Waals surface area contributed by atoms with Crippen LogP contribution in [0.2, 0.25) is 0 Å². The van der Waals surface area contributed by atoms with E-state index in [-0.39, 0.29) is 18.2 Å². The summed E-state index contributed by atoms with van der Waals surface area (Å²) in [6.07, 6.45) is 0. The molecule has 0 radical (unpaired) electrons. The molecule has 1 heterocycles. The first-order valence-corrected chi connectivity index (χ1v) is 9.24. The van der Waals surface area contributed by atoms with Crippen LogP contribution in [-0.2, 0) is 11.3 Å². The van der Waals surface area contributed by atoms with Crippen molar-refractivity contribution in [2.75, 3.05) is 11.9 Å². The van der Waals surface area contributed by atoms with Crippen molar-refractivity contribution >= 4 is 28.3 Å². The number of nitrogens with one attached hydrogen (secondary N) is 1. The molecule has 0 spiro atoms. The van der Waals surface area contributed by atoms with E-state index in [0.717, 1.165) is 16.9 Å². The van der Waals surface area contributed by atoms with Crippen LogP contribution in [-0.4, -0.2) is 23.5 Å². The zero-order chi connectivity index (χ0) is 19.1. The monoisotopic (exact) mass is 382 g/mol. The molecule has 0 bridgehead atoms. The number of hydrogen-bond acceptors (Lipinski definition) is 6. The Morgan fingerprint density at radius 1 is 1.11 bits per heavy atom. The summed E-state index contributed by atoms with van der Waals surface area (Å²) >= 11 is 1.16. The molecular weight excluding hydrogens is 364 g/mol. The number of carbonyl (C=O) groups excluding carboxylic acids is 2. The third-order valence-corrected chi connectivity index (χ3v) is 4.31. The van der Waals surface area contributed by atoms with Gasteiger partial charge in [0.05, 0.1) is 6.61 Å². The van der Waals surface area contributed by atoms with Gasteiger partial charge in [0.2, 0.25) is 0 Å². The van der Waals surface area contributed by atoms with Gasteiger partial charge >= 0.3 is 5.97 Å². The first-order valence-electron chi connectivity index (χ1n) is 8.36. The van der Waals surface area contributed by atoms with Gasteiger partial charge in [0.1, 0.15) is 12.4 Å². The fraction of sp³-hybridized carbons (Fsp3) is 0.150. The number of thiazole rings is 1. The maximum absolute atomic E-state index is 12.4. The highest BCUT2D eigenvalue weighted by molar-refractivity contribution is 7.14. The van der Waals surface area contributed by atoms with E-state index in [2.05, 4.69) is 10.3 Å². The van der Waals surface area contributed by atoms with Crippen LogP contribution in [0.5, 0.6) is 5.75 Å². The minimum absolute atomic E-state index is 0.178. The van der Waals surface area contributed by atoms with Gasteiger partial charge in [0, 0.05) is 10.9 Å². The third-order valence-electron chi connectivity index (χ3n) is 3.55. The molecule has 138 valence electrons. The summed E-state index contributed by atoms with van der Waals surface area (Å²) in [7, 11) is 0. The Bertz CT molecular complexity index is 924. The maximum Gasteiger partial charge on any atom is 0.357 e. The molecule has 0 aliphatic heterocycles. The SMILES string of the molecule is CCOC(=O)c1csc(NC(=O)c2cccc(OCc3ccccc3)c2)n1. The molecule has 0 fully saturated rings. The van der Waals surface area contributed by atoms with E-state index >= 15 is 0 Å². The number of rotatable bonds is 7.